The van der Waals surface area contributed by atoms with E-state index in [4.69, 9.17) is 34.8 Å². The van der Waals surface area contributed by atoms with Crippen molar-refractivity contribution in [3.8, 4) is 0 Å². The summed E-state index contributed by atoms with van der Waals surface area (Å²) in [7, 11) is 0. The molecule has 1 aromatic rings. The Balaban J connectivity index is 2.81. The van der Waals surface area contributed by atoms with Crippen LogP contribution >= 0.6 is 57.4 Å². The molecule has 0 aliphatic carbocycles. The van der Waals surface area contributed by atoms with Crippen LogP contribution in [0.15, 0.2) is 24.3 Å². The lowest BCUT2D eigenvalue weighted by atomic mass is 10.1. The van der Waals surface area contributed by atoms with Crippen LogP contribution in [0.4, 0.5) is 5.69 Å². The monoisotopic (exact) mass is 448 g/mol. The summed E-state index contributed by atoms with van der Waals surface area (Å²) in [6, 6.07) is 7.57. The minimum Gasteiger partial charge on any atom is -0.361 e. The number of para-hydroxylation sites is 1. The van der Waals surface area contributed by atoms with Crippen LogP contribution in [-0.4, -0.2) is 15.9 Å². The molecule has 1 rings (SSSR count). The van der Waals surface area contributed by atoms with Gasteiger partial charge in [0.1, 0.15) is 6.17 Å². The van der Waals surface area contributed by atoms with E-state index >= 15 is 0 Å². The lowest BCUT2D eigenvalue weighted by Gasteiger charge is -2.28. The Morgan fingerprint density at radius 1 is 1.30 bits per heavy atom. The van der Waals surface area contributed by atoms with E-state index in [0.717, 1.165) is 9.26 Å². The molecule has 1 unspecified atom stereocenters. The van der Waals surface area contributed by atoms with Crippen LogP contribution in [0.2, 0.25) is 0 Å². The fourth-order valence-electron chi connectivity index (χ4n) is 1.52. The Hall–Kier alpha value is 0.0900. The molecule has 1 atom stereocenters. The second-order valence-electron chi connectivity index (χ2n) is 4.76. The zero-order valence-electron chi connectivity index (χ0n) is 11.1. The first-order chi connectivity index (χ1) is 9.20. The lowest BCUT2D eigenvalue weighted by molar-refractivity contribution is -0.122. The molecule has 3 nitrogen and oxygen atoms in total. The van der Waals surface area contributed by atoms with Gasteiger partial charge in [-0.1, -0.05) is 60.8 Å². The van der Waals surface area contributed by atoms with Gasteiger partial charge in [-0.05, 0) is 40.6 Å². The molecular weight excluding hydrogens is 433 g/mol. The number of hydrogen-bond acceptors (Lipinski definition) is 2. The topological polar surface area (TPSA) is 41.1 Å². The van der Waals surface area contributed by atoms with Crippen LogP contribution < -0.4 is 10.6 Å². The van der Waals surface area contributed by atoms with E-state index in [1.54, 1.807) is 0 Å². The average Bonchev–Trinajstić information content (AvgIpc) is 2.28. The van der Waals surface area contributed by atoms with Gasteiger partial charge >= 0.3 is 0 Å². The van der Waals surface area contributed by atoms with E-state index in [1.807, 2.05) is 38.1 Å². The molecule has 2 N–H and O–H groups in total. The molecule has 112 valence electrons. The van der Waals surface area contributed by atoms with Crippen molar-refractivity contribution < 1.29 is 4.79 Å². The number of hydrogen-bond donors (Lipinski definition) is 2. The summed E-state index contributed by atoms with van der Waals surface area (Å²) in [5.41, 5.74) is 0.800. The molecule has 20 heavy (non-hydrogen) atoms. The summed E-state index contributed by atoms with van der Waals surface area (Å²) in [5.74, 6) is 0.0812. The normalized spacial score (nSPS) is 13.2. The number of rotatable bonds is 5. The summed E-state index contributed by atoms with van der Waals surface area (Å²) in [6.07, 6.45) is -0.417. The predicted octanol–water partition coefficient (Wildman–Crippen LogP) is 4.56. The molecule has 0 saturated heterocycles. The Morgan fingerprint density at radius 2 is 1.90 bits per heavy atom. The zero-order chi connectivity index (χ0) is 15.3. The second-order valence-corrected chi connectivity index (χ2v) is 8.30. The Labute approximate surface area is 147 Å². The smallest absolute Gasteiger partial charge is 0.228 e. The van der Waals surface area contributed by atoms with Gasteiger partial charge in [-0.25, -0.2) is 0 Å². The maximum absolute atomic E-state index is 11.9. The molecule has 1 amide bonds. The van der Waals surface area contributed by atoms with Crippen molar-refractivity contribution in [1.29, 1.82) is 0 Å². The fraction of sp³-hybridized carbons (Fsp3) is 0.462. The third kappa shape index (κ3) is 6.24. The molecule has 7 heteroatoms. The van der Waals surface area contributed by atoms with Gasteiger partial charge in [0.15, 0.2) is 0 Å². The predicted molar refractivity (Wildman–Crippen MR) is 94.5 cm³/mol. The summed E-state index contributed by atoms with van der Waals surface area (Å²) in [6.45, 7) is 3.91. The van der Waals surface area contributed by atoms with Crippen LogP contribution in [0.25, 0.3) is 0 Å². The van der Waals surface area contributed by atoms with Gasteiger partial charge in [0.05, 0.1) is 0 Å². The van der Waals surface area contributed by atoms with Crippen molar-refractivity contribution in [3.63, 3.8) is 0 Å². The van der Waals surface area contributed by atoms with Gasteiger partial charge in [-0.2, -0.15) is 0 Å². The average molecular weight is 450 g/mol. The molecule has 0 heterocycles. The van der Waals surface area contributed by atoms with Gasteiger partial charge in [-0.3, -0.25) is 4.79 Å². The number of anilines is 1. The largest absolute Gasteiger partial charge is 0.361 e. The molecule has 0 spiro atoms. The van der Waals surface area contributed by atoms with Crippen molar-refractivity contribution in [2.24, 2.45) is 5.92 Å². The highest BCUT2D eigenvalue weighted by molar-refractivity contribution is 14.1. The van der Waals surface area contributed by atoms with Crippen LogP contribution in [0.3, 0.4) is 0 Å². The number of halogens is 4. The molecule has 0 aromatic heterocycles. The molecule has 0 radical (unpaired) electrons. The molecule has 0 bridgehead atoms. The molecule has 0 fully saturated rings. The summed E-state index contributed by atoms with van der Waals surface area (Å²) < 4.78 is -0.673. The first-order valence-electron chi connectivity index (χ1n) is 6.07. The highest BCUT2D eigenvalue weighted by atomic mass is 127. The Morgan fingerprint density at radius 3 is 2.40 bits per heavy atom. The third-order valence-corrected chi connectivity index (χ3v) is 4.00. The minimum absolute atomic E-state index is 0.158. The van der Waals surface area contributed by atoms with E-state index in [0.29, 0.717) is 6.42 Å². The summed E-state index contributed by atoms with van der Waals surface area (Å²) >= 11 is 20.0. The molecule has 0 aliphatic heterocycles. The number of amides is 1. The molecule has 0 aliphatic rings. The van der Waals surface area contributed by atoms with E-state index in [1.165, 1.54) is 0 Å². The lowest BCUT2D eigenvalue weighted by Crippen LogP contribution is -2.49. The first kappa shape index (κ1) is 18.1. The van der Waals surface area contributed by atoms with Gasteiger partial charge in [0.25, 0.3) is 0 Å². The third-order valence-electron chi connectivity index (χ3n) is 2.40. The molecule has 0 saturated carbocycles. The zero-order valence-corrected chi connectivity index (χ0v) is 15.5. The van der Waals surface area contributed by atoms with Crippen LogP contribution in [-0.2, 0) is 4.79 Å². The number of benzene rings is 1. The van der Waals surface area contributed by atoms with E-state index in [9.17, 15) is 4.79 Å². The summed E-state index contributed by atoms with van der Waals surface area (Å²) in [5, 5.41) is 5.77. The van der Waals surface area contributed by atoms with Crippen molar-refractivity contribution in [1.82, 2.24) is 5.32 Å². The van der Waals surface area contributed by atoms with Crippen LogP contribution in [0.5, 0.6) is 0 Å². The minimum atomic E-state index is -1.65. The van der Waals surface area contributed by atoms with Gasteiger partial charge in [0, 0.05) is 15.7 Å². The SMILES string of the molecule is CC(C)CC(=O)NC(Nc1ccccc1I)C(Cl)(Cl)Cl. The Bertz CT molecular complexity index is 463. The highest BCUT2D eigenvalue weighted by Crippen LogP contribution is 2.32. The first-order valence-corrected chi connectivity index (χ1v) is 8.28. The van der Waals surface area contributed by atoms with Crippen molar-refractivity contribution in [2.75, 3.05) is 5.32 Å². The second kappa shape index (κ2) is 7.92. The van der Waals surface area contributed by atoms with E-state index < -0.39 is 9.96 Å². The number of carbonyl (C=O) groups excluding carboxylic acids is 1. The Kier molecular flexibility index (Phi) is 7.18. The molecule has 1 aromatic carbocycles. The van der Waals surface area contributed by atoms with Gasteiger partial charge in [-0.15, -0.1) is 0 Å². The number of nitrogens with one attached hydrogen (secondary N) is 2. The highest BCUT2D eigenvalue weighted by Gasteiger charge is 2.34. The van der Waals surface area contributed by atoms with Crippen molar-refractivity contribution in [2.45, 2.75) is 30.2 Å². The van der Waals surface area contributed by atoms with Crippen molar-refractivity contribution in [3.05, 3.63) is 27.8 Å². The maximum Gasteiger partial charge on any atom is 0.228 e. The molecular formula is C13H16Cl3IN2O. The van der Waals surface area contributed by atoms with Crippen molar-refractivity contribution >= 4 is 69.0 Å². The summed E-state index contributed by atoms with van der Waals surface area (Å²) in [4.78, 5) is 11.9. The number of alkyl halides is 3. The number of carbonyl (C=O) groups is 1. The van der Waals surface area contributed by atoms with Gasteiger partial charge in [0.2, 0.25) is 9.70 Å². The fourth-order valence-corrected chi connectivity index (χ4v) is 2.39. The standard InChI is InChI=1S/C13H16Cl3IN2O/c1-8(2)7-11(20)19-12(13(14,15)16)18-10-6-4-3-5-9(10)17/h3-6,8,12,18H,7H2,1-2H3,(H,19,20). The van der Waals surface area contributed by atoms with E-state index in [2.05, 4.69) is 33.2 Å². The van der Waals surface area contributed by atoms with Crippen LogP contribution in [0, 0.1) is 9.49 Å². The van der Waals surface area contributed by atoms with E-state index in [-0.39, 0.29) is 11.8 Å². The quantitative estimate of drug-likeness (QED) is 0.393. The van der Waals surface area contributed by atoms with Crippen LogP contribution in [0.1, 0.15) is 20.3 Å². The van der Waals surface area contributed by atoms with Gasteiger partial charge < -0.3 is 10.6 Å². The maximum atomic E-state index is 11.9.